The molecule has 1 amide bonds. The molecule has 1 aromatic carbocycles. The first-order chi connectivity index (χ1) is 15.9. The zero-order valence-corrected chi connectivity index (χ0v) is 17.0. The largest absolute Gasteiger partial charge is 0.357 e. The molecule has 31 heavy (non-hydrogen) atoms. The first-order valence-corrected chi connectivity index (χ1v) is 10.5. The van der Waals surface area contributed by atoms with Gasteiger partial charge in [-0.1, -0.05) is 24.6 Å². The molecule has 7 heteroatoms. The van der Waals surface area contributed by atoms with Crippen molar-refractivity contribution in [3.63, 3.8) is 0 Å². The number of hydrogen-bond donors (Lipinski definition) is 3. The standard InChI is InChI=1S/C24H25N5O2/c30-23-12-21(28-22-6-1-2-9-29(22)23)24(31)26-14-17-7-8-18-11-19(27-20(18)10-17)15-25-13-16-4-3-5-16/h1-2,6-12,16,25,27H,3-5,13-15H2,(H,26,31)/i15D2. The Labute approximate surface area is 182 Å². The normalized spacial score (nSPS) is 15.5. The number of aromatic amines is 1. The van der Waals surface area contributed by atoms with E-state index in [0.29, 0.717) is 23.8 Å². The van der Waals surface area contributed by atoms with Crippen LogP contribution < -0.4 is 16.2 Å². The minimum Gasteiger partial charge on any atom is -0.357 e. The molecule has 0 radical (unpaired) electrons. The molecular formula is C24H25N5O2. The van der Waals surface area contributed by atoms with Gasteiger partial charge in [-0.05, 0) is 60.5 Å². The van der Waals surface area contributed by atoms with Crippen LogP contribution in [0.15, 0.2) is 59.5 Å². The molecule has 0 atom stereocenters. The maximum absolute atomic E-state index is 12.6. The summed E-state index contributed by atoms with van der Waals surface area (Å²) in [7, 11) is 0. The predicted octanol–water partition coefficient (Wildman–Crippen LogP) is 3.00. The summed E-state index contributed by atoms with van der Waals surface area (Å²) in [4.78, 5) is 32.2. The van der Waals surface area contributed by atoms with Gasteiger partial charge in [-0.2, -0.15) is 0 Å². The summed E-state index contributed by atoms with van der Waals surface area (Å²) in [6, 6.07) is 13.9. The SMILES string of the molecule is [2H]C([2H])(NCC1CCC1)c1cc2ccc(CNC(=O)c3cc(=O)n4ccccc4n3)cc2[nH]1. The molecule has 0 bridgehead atoms. The van der Waals surface area contributed by atoms with E-state index in [2.05, 4.69) is 20.6 Å². The topological polar surface area (TPSA) is 91.3 Å². The van der Waals surface area contributed by atoms with E-state index in [0.717, 1.165) is 29.3 Å². The molecule has 3 N–H and O–H groups in total. The summed E-state index contributed by atoms with van der Waals surface area (Å²) in [6.07, 6.45) is 5.16. The molecule has 3 heterocycles. The Morgan fingerprint density at radius 2 is 2.13 bits per heavy atom. The second-order valence-electron chi connectivity index (χ2n) is 8.00. The number of amides is 1. The van der Waals surface area contributed by atoms with Crippen molar-refractivity contribution in [2.45, 2.75) is 32.3 Å². The fourth-order valence-electron chi connectivity index (χ4n) is 3.78. The smallest absolute Gasteiger partial charge is 0.270 e. The lowest BCUT2D eigenvalue weighted by Crippen LogP contribution is -2.27. The average Bonchev–Trinajstić information content (AvgIpc) is 3.21. The van der Waals surface area contributed by atoms with Crippen LogP contribution in [-0.2, 0) is 13.0 Å². The highest BCUT2D eigenvalue weighted by atomic mass is 16.2. The Morgan fingerprint density at radius 3 is 2.97 bits per heavy atom. The average molecular weight is 418 g/mol. The van der Waals surface area contributed by atoms with Gasteiger partial charge < -0.3 is 15.6 Å². The van der Waals surface area contributed by atoms with E-state index in [9.17, 15) is 9.59 Å². The van der Waals surface area contributed by atoms with Crippen LogP contribution in [0, 0.1) is 5.92 Å². The number of nitrogens with one attached hydrogen (secondary N) is 3. The van der Waals surface area contributed by atoms with Crippen molar-refractivity contribution >= 4 is 22.5 Å². The van der Waals surface area contributed by atoms with Crippen LogP contribution in [0.5, 0.6) is 0 Å². The van der Waals surface area contributed by atoms with Gasteiger partial charge in [0.25, 0.3) is 11.5 Å². The Kier molecular flexibility index (Phi) is 4.65. The highest BCUT2D eigenvalue weighted by Gasteiger charge is 2.16. The summed E-state index contributed by atoms with van der Waals surface area (Å²) in [5.41, 5.74) is 2.30. The minimum atomic E-state index is -1.64. The van der Waals surface area contributed by atoms with Crippen LogP contribution in [0.4, 0.5) is 0 Å². The highest BCUT2D eigenvalue weighted by Crippen LogP contribution is 2.25. The lowest BCUT2D eigenvalue weighted by Gasteiger charge is -2.25. The second kappa shape index (κ2) is 8.35. The minimum absolute atomic E-state index is 0.0696. The molecule has 1 saturated carbocycles. The summed E-state index contributed by atoms with van der Waals surface area (Å²) >= 11 is 0. The van der Waals surface area contributed by atoms with Gasteiger partial charge in [0.2, 0.25) is 0 Å². The Bertz CT molecular complexity index is 1390. The molecule has 7 nitrogen and oxygen atoms in total. The summed E-state index contributed by atoms with van der Waals surface area (Å²) in [5.74, 6) is 0.135. The Morgan fingerprint density at radius 1 is 1.23 bits per heavy atom. The van der Waals surface area contributed by atoms with Gasteiger partial charge in [-0.25, -0.2) is 4.98 Å². The number of H-pyrrole nitrogens is 1. The molecular weight excluding hydrogens is 390 g/mol. The fourth-order valence-corrected chi connectivity index (χ4v) is 3.78. The van der Waals surface area contributed by atoms with Crippen molar-refractivity contribution in [3.05, 3.63) is 82.0 Å². The third-order valence-corrected chi connectivity index (χ3v) is 5.78. The van der Waals surface area contributed by atoms with Gasteiger partial charge in [0.1, 0.15) is 11.3 Å². The van der Waals surface area contributed by atoms with E-state index in [1.807, 2.05) is 24.3 Å². The van der Waals surface area contributed by atoms with Gasteiger partial charge >= 0.3 is 0 Å². The van der Waals surface area contributed by atoms with Crippen LogP contribution in [-0.4, -0.2) is 26.8 Å². The molecule has 1 aliphatic rings. The molecule has 4 aromatic rings. The monoisotopic (exact) mass is 417 g/mol. The molecule has 158 valence electrons. The maximum Gasteiger partial charge on any atom is 0.270 e. The predicted molar refractivity (Wildman–Crippen MR) is 120 cm³/mol. The zero-order chi connectivity index (χ0) is 23.0. The van der Waals surface area contributed by atoms with Gasteiger partial charge in [0, 0.05) is 39.3 Å². The third-order valence-electron chi connectivity index (χ3n) is 5.78. The summed E-state index contributed by atoms with van der Waals surface area (Å²) in [6.45, 7) is -0.712. The number of carbonyl (C=O) groups is 1. The van der Waals surface area contributed by atoms with Crippen molar-refractivity contribution in [2.75, 3.05) is 6.54 Å². The number of nitrogens with zero attached hydrogens (tertiary/aromatic N) is 2. The van der Waals surface area contributed by atoms with E-state index in [1.165, 1.54) is 16.9 Å². The number of rotatable bonds is 7. The molecule has 1 fully saturated rings. The van der Waals surface area contributed by atoms with E-state index >= 15 is 0 Å². The summed E-state index contributed by atoms with van der Waals surface area (Å²) in [5, 5.41) is 6.75. The van der Waals surface area contributed by atoms with Gasteiger partial charge in [-0.15, -0.1) is 0 Å². The van der Waals surface area contributed by atoms with E-state index in [-0.39, 0.29) is 17.8 Å². The first-order valence-electron chi connectivity index (χ1n) is 11.5. The highest BCUT2D eigenvalue weighted by molar-refractivity contribution is 5.92. The fraction of sp³-hybridized carbons (Fsp3) is 0.292. The lowest BCUT2D eigenvalue weighted by molar-refractivity contribution is 0.0946. The van der Waals surface area contributed by atoms with Crippen molar-refractivity contribution in [1.29, 1.82) is 0 Å². The zero-order valence-electron chi connectivity index (χ0n) is 19.0. The van der Waals surface area contributed by atoms with Gasteiger partial charge in [0.15, 0.2) is 0 Å². The number of aromatic nitrogens is 3. The molecule has 0 saturated heterocycles. The number of benzene rings is 1. The van der Waals surface area contributed by atoms with Gasteiger partial charge in [-0.3, -0.25) is 14.0 Å². The third kappa shape index (κ3) is 4.22. The molecule has 1 aliphatic carbocycles. The summed E-state index contributed by atoms with van der Waals surface area (Å²) < 4.78 is 18.2. The van der Waals surface area contributed by atoms with Crippen LogP contribution in [0.25, 0.3) is 16.6 Å². The van der Waals surface area contributed by atoms with Crippen LogP contribution in [0.2, 0.25) is 0 Å². The number of fused-ring (bicyclic) bond motifs is 2. The Balaban J connectivity index is 1.28. The van der Waals surface area contributed by atoms with E-state index in [4.69, 9.17) is 2.74 Å². The maximum atomic E-state index is 12.6. The van der Waals surface area contributed by atoms with Crippen LogP contribution >= 0.6 is 0 Å². The number of hydrogen-bond acceptors (Lipinski definition) is 4. The second-order valence-corrected chi connectivity index (χ2v) is 8.00. The quantitative estimate of drug-likeness (QED) is 0.431. The van der Waals surface area contributed by atoms with Crippen LogP contribution in [0.1, 0.15) is 43.7 Å². The van der Waals surface area contributed by atoms with Crippen molar-refractivity contribution < 1.29 is 7.54 Å². The molecule has 0 unspecified atom stereocenters. The van der Waals surface area contributed by atoms with E-state index in [1.54, 1.807) is 24.4 Å². The lowest BCUT2D eigenvalue weighted by atomic mass is 9.85. The first kappa shape index (κ1) is 17.3. The van der Waals surface area contributed by atoms with Crippen molar-refractivity contribution in [3.8, 4) is 0 Å². The Hall–Kier alpha value is -3.45. The van der Waals surface area contributed by atoms with Crippen molar-refractivity contribution in [2.24, 2.45) is 5.92 Å². The molecule has 0 aliphatic heterocycles. The molecule has 3 aromatic heterocycles. The molecule has 5 rings (SSSR count). The van der Waals surface area contributed by atoms with Crippen LogP contribution in [0.3, 0.4) is 0 Å². The number of pyridine rings is 1. The molecule has 0 spiro atoms. The van der Waals surface area contributed by atoms with E-state index < -0.39 is 12.4 Å². The van der Waals surface area contributed by atoms with Gasteiger partial charge in [0.05, 0.1) is 0 Å². The number of carbonyl (C=O) groups excluding carboxylic acids is 1. The van der Waals surface area contributed by atoms with Crippen molar-refractivity contribution in [1.82, 2.24) is 25.0 Å².